The third-order valence-electron chi connectivity index (χ3n) is 4.12. The molecule has 0 saturated heterocycles. The van der Waals surface area contributed by atoms with Gasteiger partial charge in [-0.25, -0.2) is 4.79 Å². The van der Waals surface area contributed by atoms with E-state index in [2.05, 4.69) is 18.7 Å². The van der Waals surface area contributed by atoms with E-state index in [1.165, 1.54) is 25.7 Å². The van der Waals surface area contributed by atoms with Crippen LogP contribution >= 0.6 is 0 Å². The van der Waals surface area contributed by atoms with Gasteiger partial charge in [0, 0.05) is 6.04 Å². The van der Waals surface area contributed by atoms with Crippen LogP contribution < -0.4 is 9.64 Å². The lowest BCUT2D eigenvalue weighted by atomic mass is 10.0. The molecule has 21 heavy (non-hydrogen) atoms. The second-order valence-corrected chi connectivity index (χ2v) is 5.70. The van der Waals surface area contributed by atoms with Crippen LogP contribution in [0.1, 0.15) is 56.3 Å². The molecule has 1 aromatic rings. The maximum atomic E-state index is 11.3. The highest BCUT2D eigenvalue weighted by atomic mass is 16.5. The first-order chi connectivity index (χ1) is 10.1. The Morgan fingerprint density at radius 3 is 2.90 bits per heavy atom. The normalized spacial score (nSPS) is 15.2. The van der Waals surface area contributed by atoms with E-state index >= 15 is 0 Å². The zero-order valence-corrected chi connectivity index (χ0v) is 13.0. The number of rotatable bonds is 7. The van der Waals surface area contributed by atoms with Crippen molar-refractivity contribution in [2.75, 3.05) is 18.1 Å². The molecule has 4 heteroatoms. The van der Waals surface area contributed by atoms with Crippen molar-refractivity contribution >= 4 is 11.7 Å². The summed E-state index contributed by atoms with van der Waals surface area (Å²) < 4.78 is 5.62. The lowest BCUT2D eigenvalue weighted by Crippen LogP contribution is -2.40. The number of hydrogen-bond acceptors (Lipinski definition) is 3. The van der Waals surface area contributed by atoms with Crippen LogP contribution in [-0.4, -0.2) is 30.3 Å². The van der Waals surface area contributed by atoms with Crippen LogP contribution in [0.2, 0.25) is 0 Å². The molecule has 1 N–H and O–H groups in total. The van der Waals surface area contributed by atoms with Crippen LogP contribution in [0.4, 0.5) is 5.69 Å². The number of ether oxygens (including phenoxy) is 1. The van der Waals surface area contributed by atoms with E-state index < -0.39 is 5.97 Å². The molecule has 0 spiro atoms. The first-order valence-electron chi connectivity index (χ1n) is 7.91. The average Bonchev–Trinajstić information content (AvgIpc) is 2.50. The fraction of sp³-hybridized carbons (Fsp3) is 0.588. The molecule has 1 aliphatic heterocycles. The quantitative estimate of drug-likeness (QED) is 0.773. The van der Waals surface area contributed by atoms with Gasteiger partial charge in [0.1, 0.15) is 12.2 Å². The number of carboxylic acid groups (broad SMARTS) is 1. The summed E-state index contributed by atoms with van der Waals surface area (Å²) >= 11 is 0. The lowest BCUT2D eigenvalue weighted by Gasteiger charge is -2.36. The third kappa shape index (κ3) is 3.69. The number of aromatic carboxylic acids is 1. The molecule has 0 saturated carbocycles. The molecule has 1 aromatic carbocycles. The van der Waals surface area contributed by atoms with E-state index in [1.54, 1.807) is 12.1 Å². The van der Waals surface area contributed by atoms with Gasteiger partial charge in [-0.1, -0.05) is 38.7 Å². The van der Waals surface area contributed by atoms with Gasteiger partial charge in [-0.2, -0.15) is 0 Å². The van der Waals surface area contributed by atoms with Gasteiger partial charge >= 0.3 is 5.97 Å². The molecule has 116 valence electrons. The highest BCUT2D eigenvalue weighted by Gasteiger charge is 2.26. The van der Waals surface area contributed by atoms with Crippen molar-refractivity contribution in [2.45, 2.75) is 52.0 Å². The van der Waals surface area contributed by atoms with Crippen molar-refractivity contribution in [1.82, 2.24) is 0 Å². The van der Waals surface area contributed by atoms with Gasteiger partial charge in [-0.05, 0) is 25.5 Å². The Hall–Kier alpha value is -1.71. The molecule has 1 aliphatic rings. The summed E-state index contributed by atoms with van der Waals surface area (Å²) in [4.78, 5) is 13.6. The van der Waals surface area contributed by atoms with Gasteiger partial charge in [0.15, 0.2) is 5.75 Å². The Morgan fingerprint density at radius 1 is 1.38 bits per heavy atom. The number of unbranched alkanes of at least 4 members (excludes halogenated alkanes) is 3. The Bertz CT molecular complexity index is 487. The zero-order chi connectivity index (χ0) is 15.2. The van der Waals surface area contributed by atoms with Gasteiger partial charge < -0.3 is 14.7 Å². The molecular weight excluding hydrogens is 266 g/mol. The molecule has 1 heterocycles. The van der Waals surface area contributed by atoms with Crippen LogP contribution in [0.25, 0.3) is 0 Å². The number of carbonyl (C=O) groups is 1. The Balaban J connectivity index is 2.11. The molecule has 0 radical (unpaired) electrons. The number of para-hydroxylation sites is 1. The van der Waals surface area contributed by atoms with E-state index in [1.807, 2.05) is 6.07 Å². The number of benzene rings is 1. The van der Waals surface area contributed by atoms with E-state index in [-0.39, 0.29) is 5.56 Å². The number of fused-ring (bicyclic) bond motifs is 1. The lowest BCUT2D eigenvalue weighted by molar-refractivity contribution is 0.0692. The fourth-order valence-corrected chi connectivity index (χ4v) is 2.92. The fourth-order valence-electron chi connectivity index (χ4n) is 2.92. The van der Waals surface area contributed by atoms with Gasteiger partial charge in [0.2, 0.25) is 0 Å². The van der Waals surface area contributed by atoms with Gasteiger partial charge in [0.25, 0.3) is 0 Å². The van der Waals surface area contributed by atoms with Crippen LogP contribution in [0.3, 0.4) is 0 Å². The van der Waals surface area contributed by atoms with E-state index in [4.69, 9.17) is 4.74 Å². The molecule has 0 aromatic heterocycles. The summed E-state index contributed by atoms with van der Waals surface area (Å²) in [5, 5.41) is 9.27. The number of carboxylic acids is 1. The minimum Gasteiger partial charge on any atom is -0.489 e. The maximum absolute atomic E-state index is 11.3. The summed E-state index contributed by atoms with van der Waals surface area (Å²) in [6.07, 6.45) is 6.16. The van der Waals surface area contributed by atoms with Crippen molar-refractivity contribution in [3.05, 3.63) is 23.8 Å². The van der Waals surface area contributed by atoms with Crippen molar-refractivity contribution < 1.29 is 14.6 Å². The SMILES string of the molecule is CCCCCCC(C)N1CCOc2c(C(=O)O)cccc21. The average molecular weight is 291 g/mol. The van der Waals surface area contributed by atoms with E-state index in [0.29, 0.717) is 18.4 Å². The minimum absolute atomic E-state index is 0.260. The molecule has 1 atom stereocenters. The predicted octanol–water partition coefficient (Wildman–Crippen LogP) is 3.94. The van der Waals surface area contributed by atoms with Gasteiger partial charge in [-0.15, -0.1) is 0 Å². The Labute approximate surface area is 126 Å². The first-order valence-corrected chi connectivity index (χ1v) is 7.91. The van der Waals surface area contributed by atoms with E-state index in [0.717, 1.165) is 18.7 Å². The molecular formula is C17H25NO3. The number of nitrogens with zero attached hydrogens (tertiary/aromatic N) is 1. The number of anilines is 1. The molecule has 0 bridgehead atoms. The standard InChI is InChI=1S/C17H25NO3/c1-3-4-5-6-8-13(2)18-11-12-21-16-14(17(19)20)9-7-10-15(16)18/h7,9-10,13H,3-6,8,11-12H2,1-2H3,(H,19,20). The smallest absolute Gasteiger partial charge is 0.339 e. The minimum atomic E-state index is -0.927. The Morgan fingerprint density at radius 2 is 2.19 bits per heavy atom. The predicted molar refractivity (Wildman–Crippen MR) is 84.5 cm³/mol. The Kier molecular flexibility index (Phi) is 5.48. The second-order valence-electron chi connectivity index (χ2n) is 5.70. The summed E-state index contributed by atoms with van der Waals surface area (Å²) in [5.41, 5.74) is 1.18. The molecule has 1 unspecified atom stereocenters. The van der Waals surface area contributed by atoms with Crippen LogP contribution in [0.5, 0.6) is 5.75 Å². The maximum Gasteiger partial charge on any atom is 0.339 e. The monoisotopic (exact) mass is 291 g/mol. The highest BCUT2D eigenvalue weighted by molar-refractivity contribution is 5.93. The highest BCUT2D eigenvalue weighted by Crippen LogP contribution is 2.36. The van der Waals surface area contributed by atoms with E-state index in [9.17, 15) is 9.90 Å². The summed E-state index contributed by atoms with van der Waals surface area (Å²) in [6.45, 7) is 5.81. The van der Waals surface area contributed by atoms with Crippen molar-refractivity contribution in [3.63, 3.8) is 0 Å². The van der Waals surface area contributed by atoms with Crippen LogP contribution in [-0.2, 0) is 0 Å². The van der Waals surface area contributed by atoms with Crippen molar-refractivity contribution in [2.24, 2.45) is 0 Å². The molecule has 0 fully saturated rings. The summed E-state index contributed by atoms with van der Waals surface area (Å²) in [7, 11) is 0. The van der Waals surface area contributed by atoms with Gasteiger partial charge in [-0.3, -0.25) is 0 Å². The van der Waals surface area contributed by atoms with Gasteiger partial charge in [0.05, 0.1) is 12.2 Å². The zero-order valence-electron chi connectivity index (χ0n) is 13.0. The molecule has 0 amide bonds. The van der Waals surface area contributed by atoms with Crippen LogP contribution in [0, 0.1) is 0 Å². The molecule has 0 aliphatic carbocycles. The second kappa shape index (κ2) is 7.34. The third-order valence-corrected chi connectivity index (χ3v) is 4.12. The first kappa shape index (κ1) is 15.7. The summed E-state index contributed by atoms with van der Waals surface area (Å²) in [6, 6.07) is 5.78. The number of hydrogen-bond donors (Lipinski definition) is 1. The topological polar surface area (TPSA) is 49.8 Å². The van der Waals surface area contributed by atoms with Crippen molar-refractivity contribution in [1.29, 1.82) is 0 Å². The molecule has 4 nitrogen and oxygen atoms in total. The van der Waals surface area contributed by atoms with Crippen molar-refractivity contribution in [3.8, 4) is 5.75 Å². The van der Waals surface area contributed by atoms with Crippen LogP contribution in [0.15, 0.2) is 18.2 Å². The molecule has 2 rings (SSSR count). The largest absolute Gasteiger partial charge is 0.489 e. The summed E-state index contributed by atoms with van der Waals surface area (Å²) in [5.74, 6) is -0.402.